The zero-order valence-electron chi connectivity index (χ0n) is 15.1. The standard InChI is InChI=1S/C20H22ClN3OS/c1-20(2,3)23-18(25)13-26-19-22-16-6-4-5-7-17(16)24(19)12-14-8-10-15(21)11-9-14/h4-11H,12-13H2,1-3H3,(H,23,25). The van der Waals surface area contributed by atoms with Crippen LogP contribution >= 0.6 is 23.4 Å². The number of amides is 1. The lowest BCUT2D eigenvalue weighted by molar-refractivity contribution is -0.119. The highest BCUT2D eigenvalue weighted by Crippen LogP contribution is 2.25. The molecule has 1 aromatic heterocycles. The quantitative estimate of drug-likeness (QED) is 0.643. The van der Waals surface area contributed by atoms with E-state index in [-0.39, 0.29) is 11.4 Å². The number of hydrogen-bond donors (Lipinski definition) is 1. The Bertz CT molecular complexity index is 913. The summed E-state index contributed by atoms with van der Waals surface area (Å²) in [6, 6.07) is 15.8. The van der Waals surface area contributed by atoms with E-state index in [4.69, 9.17) is 16.6 Å². The summed E-state index contributed by atoms with van der Waals surface area (Å²) in [5, 5.41) is 4.55. The van der Waals surface area contributed by atoms with Crippen molar-refractivity contribution in [1.29, 1.82) is 0 Å². The van der Waals surface area contributed by atoms with E-state index in [1.165, 1.54) is 11.8 Å². The Kier molecular flexibility index (Phi) is 5.58. The zero-order valence-corrected chi connectivity index (χ0v) is 16.7. The Balaban J connectivity index is 1.85. The number of benzene rings is 2. The van der Waals surface area contributed by atoms with Crippen LogP contribution in [0.5, 0.6) is 0 Å². The van der Waals surface area contributed by atoms with Crippen LogP contribution in [0.1, 0.15) is 26.3 Å². The third kappa shape index (κ3) is 4.80. The summed E-state index contributed by atoms with van der Waals surface area (Å²) in [6.45, 7) is 6.61. The lowest BCUT2D eigenvalue weighted by Crippen LogP contribution is -2.41. The molecule has 0 saturated heterocycles. The molecular formula is C20H22ClN3OS. The van der Waals surface area contributed by atoms with Crippen molar-refractivity contribution in [2.24, 2.45) is 0 Å². The van der Waals surface area contributed by atoms with E-state index in [0.29, 0.717) is 12.3 Å². The van der Waals surface area contributed by atoms with Crippen LogP contribution in [0.25, 0.3) is 11.0 Å². The highest BCUT2D eigenvalue weighted by atomic mass is 35.5. The first-order valence-electron chi connectivity index (χ1n) is 8.45. The topological polar surface area (TPSA) is 46.9 Å². The van der Waals surface area contributed by atoms with Crippen molar-refractivity contribution in [3.05, 3.63) is 59.1 Å². The van der Waals surface area contributed by atoms with Crippen molar-refractivity contribution in [3.8, 4) is 0 Å². The number of carbonyl (C=O) groups is 1. The second kappa shape index (κ2) is 7.72. The van der Waals surface area contributed by atoms with Gasteiger partial charge in [-0.05, 0) is 50.6 Å². The summed E-state index contributed by atoms with van der Waals surface area (Å²) < 4.78 is 2.15. The zero-order chi connectivity index (χ0) is 18.7. The highest BCUT2D eigenvalue weighted by molar-refractivity contribution is 7.99. The van der Waals surface area contributed by atoms with Crippen LogP contribution in [0.3, 0.4) is 0 Å². The van der Waals surface area contributed by atoms with Gasteiger partial charge in [0, 0.05) is 10.6 Å². The van der Waals surface area contributed by atoms with Crippen LogP contribution in [0.2, 0.25) is 5.02 Å². The molecule has 0 aliphatic carbocycles. The Morgan fingerprint density at radius 3 is 2.54 bits per heavy atom. The monoisotopic (exact) mass is 387 g/mol. The molecule has 0 fully saturated rings. The van der Waals surface area contributed by atoms with Gasteiger partial charge in [0.15, 0.2) is 5.16 Å². The van der Waals surface area contributed by atoms with Crippen molar-refractivity contribution in [3.63, 3.8) is 0 Å². The van der Waals surface area contributed by atoms with Crippen LogP contribution in [0.15, 0.2) is 53.7 Å². The van der Waals surface area contributed by atoms with Gasteiger partial charge in [-0.1, -0.05) is 47.6 Å². The van der Waals surface area contributed by atoms with E-state index in [9.17, 15) is 4.79 Å². The van der Waals surface area contributed by atoms with Gasteiger partial charge in [-0.15, -0.1) is 0 Å². The molecule has 1 heterocycles. The van der Waals surface area contributed by atoms with Crippen molar-refractivity contribution >= 4 is 40.3 Å². The summed E-state index contributed by atoms with van der Waals surface area (Å²) in [4.78, 5) is 16.9. The van der Waals surface area contributed by atoms with Crippen molar-refractivity contribution < 1.29 is 4.79 Å². The van der Waals surface area contributed by atoms with Crippen molar-refractivity contribution in [1.82, 2.24) is 14.9 Å². The lowest BCUT2D eigenvalue weighted by Gasteiger charge is -2.20. The first kappa shape index (κ1) is 18.8. The van der Waals surface area contributed by atoms with Gasteiger partial charge in [0.1, 0.15) is 0 Å². The number of nitrogens with zero attached hydrogens (tertiary/aromatic N) is 2. The van der Waals surface area contributed by atoms with Crippen molar-refractivity contribution in [2.45, 2.75) is 38.0 Å². The number of halogens is 1. The summed E-state index contributed by atoms with van der Waals surface area (Å²) in [5.74, 6) is 0.342. The van der Waals surface area contributed by atoms with Crippen LogP contribution < -0.4 is 5.32 Å². The second-order valence-corrected chi connectivity index (χ2v) is 8.56. The number of para-hydroxylation sites is 2. The van der Waals surface area contributed by atoms with E-state index < -0.39 is 0 Å². The van der Waals surface area contributed by atoms with Gasteiger partial charge in [0.05, 0.1) is 23.3 Å². The number of rotatable bonds is 5. The molecule has 0 saturated carbocycles. The summed E-state index contributed by atoms with van der Waals surface area (Å²) >= 11 is 7.45. The SMILES string of the molecule is CC(C)(C)NC(=O)CSc1nc2ccccc2n1Cc1ccc(Cl)cc1. The number of thioether (sulfide) groups is 1. The van der Waals surface area contributed by atoms with Gasteiger partial charge in [-0.25, -0.2) is 4.98 Å². The van der Waals surface area contributed by atoms with E-state index in [1.54, 1.807) is 0 Å². The van der Waals surface area contributed by atoms with Crippen molar-refractivity contribution in [2.75, 3.05) is 5.75 Å². The fourth-order valence-corrected chi connectivity index (χ4v) is 3.61. The maximum atomic E-state index is 12.2. The molecule has 0 unspecified atom stereocenters. The molecule has 1 N–H and O–H groups in total. The fraction of sp³-hybridized carbons (Fsp3) is 0.300. The van der Waals surface area contributed by atoms with Gasteiger partial charge < -0.3 is 9.88 Å². The van der Waals surface area contributed by atoms with Gasteiger partial charge in [0.25, 0.3) is 0 Å². The summed E-state index contributed by atoms with van der Waals surface area (Å²) in [5.41, 5.74) is 2.89. The van der Waals surface area contributed by atoms with E-state index in [1.807, 2.05) is 63.2 Å². The molecule has 2 aromatic carbocycles. The van der Waals surface area contributed by atoms with E-state index in [0.717, 1.165) is 26.8 Å². The first-order valence-corrected chi connectivity index (χ1v) is 9.82. The average molecular weight is 388 g/mol. The molecule has 0 atom stereocenters. The van der Waals surface area contributed by atoms with Gasteiger partial charge in [-0.2, -0.15) is 0 Å². The predicted molar refractivity (Wildman–Crippen MR) is 109 cm³/mol. The van der Waals surface area contributed by atoms with Crippen LogP contribution in [-0.4, -0.2) is 26.8 Å². The normalized spacial score (nSPS) is 11.7. The Morgan fingerprint density at radius 1 is 1.15 bits per heavy atom. The Morgan fingerprint density at radius 2 is 1.85 bits per heavy atom. The molecule has 4 nitrogen and oxygen atoms in total. The van der Waals surface area contributed by atoms with Gasteiger partial charge in [-0.3, -0.25) is 4.79 Å². The third-order valence-corrected chi connectivity index (χ3v) is 4.95. The predicted octanol–water partition coefficient (Wildman–Crippen LogP) is 4.74. The average Bonchev–Trinajstić information content (AvgIpc) is 2.91. The number of aromatic nitrogens is 2. The van der Waals surface area contributed by atoms with Gasteiger partial charge >= 0.3 is 0 Å². The third-order valence-electron chi connectivity index (χ3n) is 3.72. The molecule has 136 valence electrons. The molecular weight excluding hydrogens is 366 g/mol. The fourth-order valence-electron chi connectivity index (χ4n) is 2.67. The molecule has 6 heteroatoms. The minimum atomic E-state index is -0.235. The van der Waals surface area contributed by atoms with E-state index >= 15 is 0 Å². The van der Waals surface area contributed by atoms with Crippen LogP contribution in [0.4, 0.5) is 0 Å². The molecule has 0 radical (unpaired) electrons. The Labute approximate surface area is 163 Å². The van der Waals surface area contributed by atoms with E-state index in [2.05, 4.69) is 16.0 Å². The lowest BCUT2D eigenvalue weighted by atomic mass is 10.1. The summed E-state index contributed by atoms with van der Waals surface area (Å²) in [7, 11) is 0. The van der Waals surface area contributed by atoms with Gasteiger partial charge in [0.2, 0.25) is 5.91 Å². The molecule has 0 aliphatic heterocycles. The van der Waals surface area contributed by atoms with Crippen LogP contribution in [0, 0.1) is 0 Å². The van der Waals surface area contributed by atoms with Crippen LogP contribution in [-0.2, 0) is 11.3 Å². The minimum absolute atomic E-state index is 0.00704. The molecule has 3 aromatic rings. The Hall–Kier alpha value is -1.98. The maximum Gasteiger partial charge on any atom is 0.230 e. The minimum Gasteiger partial charge on any atom is -0.351 e. The highest BCUT2D eigenvalue weighted by Gasteiger charge is 2.16. The number of carbonyl (C=O) groups excluding carboxylic acids is 1. The molecule has 0 aliphatic rings. The molecule has 26 heavy (non-hydrogen) atoms. The molecule has 0 bridgehead atoms. The smallest absolute Gasteiger partial charge is 0.230 e. The largest absolute Gasteiger partial charge is 0.351 e. The second-order valence-electron chi connectivity index (χ2n) is 7.18. The number of fused-ring (bicyclic) bond motifs is 1. The number of nitrogens with one attached hydrogen (secondary N) is 1. The molecule has 0 spiro atoms. The summed E-state index contributed by atoms with van der Waals surface area (Å²) in [6.07, 6.45) is 0. The molecule has 3 rings (SSSR count). The number of hydrogen-bond acceptors (Lipinski definition) is 3. The maximum absolute atomic E-state index is 12.2. The number of imidazole rings is 1. The first-order chi connectivity index (χ1) is 12.3. The molecule has 1 amide bonds.